The molecule has 5 N–H and O–H groups in total. The molecule has 0 spiro atoms. The smallest absolute Gasteiger partial charge is 0.390 e. The number of phosphoric ester groups is 1. The topological polar surface area (TPSA) is 146 Å². The van der Waals surface area contributed by atoms with Gasteiger partial charge in [-0.3, -0.25) is 13.8 Å². The number of nitrogens with zero attached hydrogens (tertiary/aromatic N) is 1. The molecule has 1 amide bonds. The number of aliphatic hydroxyl groups is 3. The van der Waals surface area contributed by atoms with E-state index in [9.17, 15) is 29.6 Å². The molecule has 0 heterocycles. The van der Waals surface area contributed by atoms with Crippen LogP contribution >= 0.6 is 7.82 Å². The van der Waals surface area contributed by atoms with Crippen molar-refractivity contribution in [3.63, 3.8) is 0 Å². The Morgan fingerprint density at radius 2 is 1.17 bits per heavy atom. The Morgan fingerprint density at radius 3 is 1.76 bits per heavy atom. The van der Waals surface area contributed by atoms with E-state index in [0.29, 0.717) is 30.3 Å². The van der Waals surface area contributed by atoms with Crippen LogP contribution in [-0.4, -0.2) is 95.9 Å². The van der Waals surface area contributed by atoms with Crippen molar-refractivity contribution in [3.8, 4) is 0 Å². The molecule has 0 rings (SSSR count). The lowest BCUT2D eigenvalue weighted by molar-refractivity contribution is -0.870. The molecule has 0 aliphatic rings. The normalized spacial score (nSPS) is 15.8. The molecule has 11 heteroatoms. The van der Waals surface area contributed by atoms with Gasteiger partial charge in [-0.05, 0) is 44.9 Å². The van der Waals surface area contributed by atoms with Gasteiger partial charge < -0.3 is 30.0 Å². The van der Waals surface area contributed by atoms with Gasteiger partial charge in [0.05, 0.1) is 52.1 Å². The van der Waals surface area contributed by atoms with E-state index in [0.717, 1.165) is 57.8 Å². The van der Waals surface area contributed by atoms with Crippen LogP contribution in [0.4, 0.5) is 0 Å². The Balaban J connectivity index is 4.58. The van der Waals surface area contributed by atoms with Gasteiger partial charge in [-0.1, -0.05) is 154 Å². The molecule has 10 nitrogen and oxygen atoms in total. The summed E-state index contributed by atoms with van der Waals surface area (Å²) < 4.78 is 23.5. The number of hydrogen-bond donors (Lipinski definition) is 5. The summed E-state index contributed by atoms with van der Waals surface area (Å²) in [5.41, 5.74) is 0. The summed E-state index contributed by atoms with van der Waals surface area (Å²) in [6, 6.07) is -0.901. The molecule has 54 heavy (non-hydrogen) atoms. The SMILES string of the molecule is CCCCC/C=C\C[C@H](O)[C@@H](O)CCCCCCCC(=O)N[C@@H](COP(=O)(O)OCC[N+](C)(C)C)[C@H](O)/C=C/CCCCCCCCCCCCCCC. The van der Waals surface area contributed by atoms with Crippen LogP contribution in [0, 0.1) is 0 Å². The second-order valence-corrected chi connectivity index (χ2v) is 17.8. The monoisotopic (exact) mass is 790 g/mol. The van der Waals surface area contributed by atoms with Gasteiger partial charge in [0.2, 0.25) is 5.91 Å². The summed E-state index contributed by atoms with van der Waals surface area (Å²) in [6.45, 7) is 4.61. The maximum Gasteiger partial charge on any atom is 0.472 e. The molecule has 0 radical (unpaired) electrons. The second kappa shape index (κ2) is 35.1. The molecule has 1 unspecified atom stereocenters. The highest BCUT2D eigenvalue weighted by Crippen LogP contribution is 2.43. The van der Waals surface area contributed by atoms with Gasteiger partial charge in [-0.15, -0.1) is 0 Å². The summed E-state index contributed by atoms with van der Waals surface area (Å²) in [5, 5.41) is 34.3. The molecule has 0 saturated carbocycles. The molecule has 5 atom stereocenters. The van der Waals surface area contributed by atoms with Gasteiger partial charge in [0, 0.05) is 6.42 Å². The quantitative estimate of drug-likeness (QED) is 0.0179. The van der Waals surface area contributed by atoms with Gasteiger partial charge >= 0.3 is 7.82 Å². The van der Waals surface area contributed by atoms with Crippen molar-refractivity contribution in [1.29, 1.82) is 0 Å². The Bertz CT molecular complexity index is 974. The largest absolute Gasteiger partial charge is 0.472 e. The lowest BCUT2D eigenvalue weighted by Gasteiger charge is -2.25. The predicted molar refractivity (Wildman–Crippen MR) is 224 cm³/mol. The van der Waals surface area contributed by atoms with Crippen molar-refractivity contribution in [2.75, 3.05) is 40.9 Å². The third-order valence-corrected chi connectivity index (χ3v) is 10.9. The number of phosphoric acid groups is 1. The number of hydrogen-bond acceptors (Lipinski definition) is 7. The van der Waals surface area contributed by atoms with Crippen LogP contribution in [0.5, 0.6) is 0 Å². The summed E-state index contributed by atoms with van der Waals surface area (Å²) in [5.74, 6) is -0.257. The molecule has 0 fully saturated rings. The summed E-state index contributed by atoms with van der Waals surface area (Å²) >= 11 is 0. The molecular formula is C43H86N2O8P+. The minimum absolute atomic E-state index is 0.0337. The van der Waals surface area contributed by atoms with E-state index in [1.165, 1.54) is 83.5 Å². The Hall–Kier alpha value is -1.10. The molecule has 0 aliphatic heterocycles. The Kier molecular flexibility index (Phi) is 34.4. The van der Waals surface area contributed by atoms with Crippen LogP contribution in [0.15, 0.2) is 24.3 Å². The van der Waals surface area contributed by atoms with Crippen LogP contribution in [0.1, 0.15) is 181 Å². The van der Waals surface area contributed by atoms with Gasteiger partial charge in [0.1, 0.15) is 13.2 Å². The number of carbonyl (C=O) groups is 1. The highest BCUT2D eigenvalue weighted by Gasteiger charge is 2.27. The molecule has 0 saturated heterocycles. The van der Waals surface area contributed by atoms with Crippen molar-refractivity contribution < 1.29 is 43.1 Å². The minimum Gasteiger partial charge on any atom is -0.390 e. The van der Waals surface area contributed by atoms with Crippen molar-refractivity contribution in [2.24, 2.45) is 0 Å². The number of aliphatic hydroxyl groups excluding tert-OH is 3. The third kappa shape index (κ3) is 35.3. The molecule has 0 aromatic rings. The first kappa shape index (κ1) is 52.9. The summed E-state index contributed by atoms with van der Waals surface area (Å²) in [7, 11) is 1.48. The van der Waals surface area contributed by atoms with E-state index >= 15 is 0 Å². The number of quaternary nitrogens is 1. The molecule has 0 bridgehead atoms. The number of nitrogens with one attached hydrogen (secondary N) is 1. The molecule has 0 aromatic heterocycles. The van der Waals surface area contributed by atoms with Crippen LogP contribution in [0.2, 0.25) is 0 Å². The lowest BCUT2D eigenvalue weighted by atomic mass is 10.0. The van der Waals surface area contributed by atoms with Gasteiger partial charge in [-0.25, -0.2) is 4.57 Å². The standard InChI is InChI=1S/C43H85N2O8P/c1-6-8-10-12-14-15-16-17-18-19-20-21-22-25-28-32-40(46)39(38-53-54(50,51)52-37-36-45(3,4)5)44-43(49)35-31-27-23-26-30-34-42(48)41(47)33-29-24-13-11-9-7-2/h24,28-29,32,39-42,46-48H,6-23,25-27,30-31,33-38H2,1-5H3,(H-,44,49,50,51)/p+1/b29-24-,32-28+/t39-,40+,41-,42-/m0/s1. The first-order valence-electron chi connectivity index (χ1n) is 21.9. The third-order valence-electron chi connectivity index (χ3n) is 9.87. The Labute approximate surface area is 331 Å². The van der Waals surface area contributed by atoms with Crippen LogP contribution < -0.4 is 5.32 Å². The Morgan fingerprint density at radius 1 is 0.667 bits per heavy atom. The molecule has 0 aliphatic carbocycles. The number of likely N-dealkylation sites (N-methyl/N-ethyl adjacent to an activating group) is 1. The summed E-state index contributed by atoms with van der Waals surface area (Å²) in [6.07, 6.45) is 32.6. The zero-order valence-electron chi connectivity index (χ0n) is 35.4. The van der Waals surface area contributed by atoms with Crippen molar-refractivity contribution >= 4 is 13.7 Å². The van der Waals surface area contributed by atoms with Gasteiger partial charge in [0.25, 0.3) is 0 Å². The van der Waals surface area contributed by atoms with Crippen molar-refractivity contribution in [1.82, 2.24) is 5.32 Å². The van der Waals surface area contributed by atoms with E-state index in [2.05, 4.69) is 25.2 Å². The maximum absolute atomic E-state index is 12.9. The highest BCUT2D eigenvalue weighted by molar-refractivity contribution is 7.47. The fourth-order valence-electron chi connectivity index (χ4n) is 6.18. The first-order chi connectivity index (χ1) is 25.8. The molecule has 320 valence electrons. The molecule has 0 aromatic carbocycles. The van der Waals surface area contributed by atoms with Crippen LogP contribution in [0.3, 0.4) is 0 Å². The van der Waals surface area contributed by atoms with E-state index in [1.54, 1.807) is 6.08 Å². The van der Waals surface area contributed by atoms with E-state index in [-0.39, 0.29) is 25.5 Å². The average Bonchev–Trinajstić information content (AvgIpc) is 3.11. The predicted octanol–water partition coefficient (Wildman–Crippen LogP) is 9.69. The van der Waals surface area contributed by atoms with Crippen molar-refractivity contribution in [3.05, 3.63) is 24.3 Å². The highest BCUT2D eigenvalue weighted by atomic mass is 31.2. The lowest BCUT2D eigenvalue weighted by Crippen LogP contribution is -2.45. The maximum atomic E-state index is 12.9. The minimum atomic E-state index is -4.37. The number of unbranched alkanes of at least 4 members (excludes halogenated alkanes) is 20. The van der Waals surface area contributed by atoms with Crippen molar-refractivity contribution in [2.45, 2.75) is 205 Å². The number of amides is 1. The fraction of sp³-hybridized carbons (Fsp3) is 0.884. The van der Waals surface area contributed by atoms with Gasteiger partial charge in [0.15, 0.2) is 0 Å². The molecular weight excluding hydrogens is 703 g/mol. The zero-order chi connectivity index (χ0) is 40.3. The first-order valence-corrected chi connectivity index (χ1v) is 23.4. The fourth-order valence-corrected chi connectivity index (χ4v) is 6.92. The number of rotatable bonds is 39. The zero-order valence-corrected chi connectivity index (χ0v) is 36.3. The average molecular weight is 790 g/mol. The second-order valence-electron chi connectivity index (χ2n) is 16.4. The van der Waals surface area contributed by atoms with E-state index in [4.69, 9.17) is 9.05 Å². The van der Waals surface area contributed by atoms with Gasteiger partial charge in [-0.2, -0.15) is 0 Å². The van der Waals surface area contributed by atoms with E-state index < -0.39 is 32.2 Å². The number of allylic oxidation sites excluding steroid dienone is 2. The van der Waals surface area contributed by atoms with E-state index in [1.807, 2.05) is 33.3 Å². The van der Waals surface area contributed by atoms with Crippen LogP contribution in [-0.2, 0) is 18.4 Å². The number of carbonyl (C=O) groups excluding carboxylic acids is 1. The van der Waals surface area contributed by atoms with Crippen LogP contribution in [0.25, 0.3) is 0 Å². The summed E-state index contributed by atoms with van der Waals surface area (Å²) in [4.78, 5) is 23.1.